The molecule has 4 heterocycles. The van der Waals surface area contributed by atoms with Crippen LogP contribution in [0.1, 0.15) is 43.2 Å². The highest BCUT2D eigenvalue weighted by atomic mass is 19.1. The number of likely N-dealkylation sites (N-methyl/N-ethyl adjacent to an activating group) is 1. The fourth-order valence-electron chi connectivity index (χ4n) is 6.66. The zero-order valence-corrected chi connectivity index (χ0v) is 24.4. The van der Waals surface area contributed by atoms with Crippen LogP contribution in [0.25, 0.3) is 22.2 Å². The normalized spacial score (nSPS) is 20.6. The molecule has 224 valence electrons. The van der Waals surface area contributed by atoms with Crippen molar-refractivity contribution in [3.63, 3.8) is 0 Å². The molecular weight excluding hydrogens is 552 g/mol. The lowest BCUT2D eigenvalue weighted by atomic mass is 9.86. The Kier molecular flexibility index (Phi) is 8.21. The molecule has 43 heavy (non-hydrogen) atoms. The molecule has 9 nitrogen and oxygen atoms in total. The van der Waals surface area contributed by atoms with Crippen LogP contribution in [0.3, 0.4) is 0 Å². The van der Waals surface area contributed by atoms with Crippen LogP contribution in [0, 0.1) is 23.0 Å². The van der Waals surface area contributed by atoms with Gasteiger partial charge in [0.15, 0.2) is 5.82 Å². The van der Waals surface area contributed by atoms with Crippen LogP contribution in [-0.4, -0.2) is 82.6 Å². The quantitative estimate of drug-likeness (QED) is 0.375. The summed E-state index contributed by atoms with van der Waals surface area (Å²) >= 11 is 0. The molecule has 1 amide bonds. The molecule has 0 bridgehead atoms. The number of piperazine rings is 1. The van der Waals surface area contributed by atoms with Crippen LogP contribution in [-0.2, 0) is 17.6 Å². The highest BCUT2D eigenvalue weighted by molar-refractivity contribution is 5.92. The first-order valence-electron chi connectivity index (χ1n) is 14.9. The maximum absolute atomic E-state index is 16.5. The van der Waals surface area contributed by atoms with Gasteiger partial charge < -0.3 is 19.4 Å². The van der Waals surface area contributed by atoms with Crippen LogP contribution in [0.2, 0.25) is 0 Å². The second-order valence-corrected chi connectivity index (χ2v) is 11.6. The van der Waals surface area contributed by atoms with Gasteiger partial charge in [-0.25, -0.2) is 8.78 Å². The van der Waals surface area contributed by atoms with E-state index in [0.717, 1.165) is 37.8 Å². The number of benzene rings is 1. The van der Waals surface area contributed by atoms with Gasteiger partial charge in [-0.05, 0) is 81.5 Å². The highest BCUT2D eigenvalue weighted by Crippen LogP contribution is 2.37. The Morgan fingerprint density at radius 3 is 2.70 bits per heavy atom. The Hall–Kier alpha value is -4.17. The van der Waals surface area contributed by atoms with Gasteiger partial charge in [0.1, 0.15) is 29.5 Å². The summed E-state index contributed by atoms with van der Waals surface area (Å²) in [5.74, 6) is -0.681. The number of nitrogens with zero attached hydrogens (tertiary/aromatic N) is 7. The number of halogens is 2. The Bertz CT molecular complexity index is 1610. The number of pyridine rings is 1. The number of aromatic nitrogens is 3. The number of likely N-dealkylation sites (tertiary alicyclic amines) is 1. The van der Waals surface area contributed by atoms with Gasteiger partial charge in [-0.3, -0.25) is 9.78 Å². The molecule has 11 heteroatoms. The first kappa shape index (κ1) is 28.9. The number of carbonyl (C=O) groups excluding carboxylic acids is 1. The van der Waals surface area contributed by atoms with E-state index in [-0.39, 0.29) is 41.4 Å². The number of rotatable bonds is 7. The van der Waals surface area contributed by atoms with E-state index in [2.05, 4.69) is 27.5 Å². The molecule has 6 rings (SSSR count). The van der Waals surface area contributed by atoms with Crippen molar-refractivity contribution < 1.29 is 18.3 Å². The number of hydrogen-bond donors (Lipinski definition) is 0. The van der Waals surface area contributed by atoms with Gasteiger partial charge in [-0.1, -0.05) is 6.58 Å². The van der Waals surface area contributed by atoms with Crippen molar-refractivity contribution in [2.45, 2.75) is 57.0 Å². The van der Waals surface area contributed by atoms with Crippen molar-refractivity contribution >= 4 is 22.6 Å². The van der Waals surface area contributed by atoms with Crippen LogP contribution in [0.4, 0.5) is 14.6 Å². The zero-order chi connectivity index (χ0) is 30.1. The van der Waals surface area contributed by atoms with Crippen molar-refractivity contribution in [3.8, 4) is 23.3 Å². The Morgan fingerprint density at radius 1 is 1.14 bits per heavy atom. The van der Waals surface area contributed by atoms with Gasteiger partial charge in [0, 0.05) is 37.4 Å². The van der Waals surface area contributed by atoms with Crippen molar-refractivity contribution in [1.29, 1.82) is 5.26 Å². The molecule has 0 spiro atoms. The lowest BCUT2D eigenvalue weighted by Crippen LogP contribution is -2.55. The summed E-state index contributed by atoms with van der Waals surface area (Å²) in [4.78, 5) is 32.1. The molecule has 2 saturated heterocycles. The number of amides is 1. The molecule has 2 fully saturated rings. The summed E-state index contributed by atoms with van der Waals surface area (Å²) in [6, 6.07) is 5.04. The maximum atomic E-state index is 16.5. The van der Waals surface area contributed by atoms with Crippen molar-refractivity contribution in [2.24, 2.45) is 0 Å². The molecule has 2 aliphatic heterocycles. The molecule has 0 unspecified atom stereocenters. The monoisotopic (exact) mass is 587 g/mol. The summed E-state index contributed by atoms with van der Waals surface area (Å²) in [6.07, 6.45) is 8.09. The summed E-state index contributed by atoms with van der Waals surface area (Å²) in [7, 11) is 2.05. The van der Waals surface area contributed by atoms with Crippen LogP contribution in [0.5, 0.6) is 6.01 Å². The molecule has 2 atom stereocenters. The third kappa shape index (κ3) is 5.52. The van der Waals surface area contributed by atoms with Gasteiger partial charge in [0.2, 0.25) is 5.91 Å². The maximum Gasteiger partial charge on any atom is 0.319 e. The fraction of sp³-hybridized carbons (Fsp3) is 0.469. The van der Waals surface area contributed by atoms with E-state index in [1.54, 1.807) is 17.2 Å². The van der Waals surface area contributed by atoms with Crippen molar-refractivity contribution in [2.75, 3.05) is 44.7 Å². The van der Waals surface area contributed by atoms with Crippen molar-refractivity contribution in [3.05, 3.63) is 53.7 Å². The lowest BCUT2D eigenvalue weighted by molar-refractivity contribution is -0.128. The van der Waals surface area contributed by atoms with Gasteiger partial charge in [-0.2, -0.15) is 15.2 Å². The summed E-state index contributed by atoms with van der Waals surface area (Å²) in [5.41, 5.74) is 2.21. The predicted octanol–water partition coefficient (Wildman–Crippen LogP) is 4.44. The van der Waals surface area contributed by atoms with Crippen molar-refractivity contribution in [1.82, 2.24) is 24.8 Å². The third-order valence-corrected chi connectivity index (χ3v) is 9.02. The number of ether oxygens (including phenoxy) is 1. The van der Waals surface area contributed by atoms with Crippen LogP contribution >= 0.6 is 0 Å². The standard InChI is InChI=1S/C32H35F2N7O2/c1-3-27(42)41-16-15-40(18-20(41)12-13-35)31-25-17-36-29(24-10-11-26(33)23-9-5-4-8-22(23)24)28(34)30(25)37-32(38-31)43-19-21-7-6-14-39(21)2/h3,10-11,17,20-21H,1,4-9,12,14-16,18-19H2,2H3/t20-,21-/m0/s1. The fourth-order valence-corrected chi connectivity index (χ4v) is 6.66. The summed E-state index contributed by atoms with van der Waals surface area (Å²) < 4.78 is 37.3. The second-order valence-electron chi connectivity index (χ2n) is 11.6. The number of hydrogen-bond acceptors (Lipinski definition) is 8. The number of fused-ring (bicyclic) bond motifs is 2. The number of anilines is 1. The first-order valence-corrected chi connectivity index (χ1v) is 14.9. The van der Waals surface area contributed by atoms with Gasteiger partial charge in [0.25, 0.3) is 0 Å². The summed E-state index contributed by atoms with van der Waals surface area (Å²) in [6.45, 7) is 6.02. The average molecular weight is 588 g/mol. The highest BCUT2D eigenvalue weighted by Gasteiger charge is 2.32. The Morgan fingerprint density at radius 2 is 1.95 bits per heavy atom. The zero-order valence-electron chi connectivity index (χ0n) is 24.4. The molecular formula is C32H35F2N7O2. The smallest absolute Gasteiger partial charge is 0.319 e. The number of carbonyl (C=O) groups is 1. The molecule has 0 N–H and O–H groups in total. The first-order chi connectivity index (χ1) is 20.9. The number of nitriles is 1. The van der Waals surface area contributed by atoms with E-state index in [0.29, 0.717) is 61.4 Å². The minimum Gasteiger partial charge on any atom is -0.462 e. The Labute approximate surface area is 249 Å². The molecule has 0 radical (unpaired) electrons. The second kappa shape index (κ2) is 12.2. The van der Waals surface area contributed by atoms with Gasteiger partial charge in [-0.15, -0.1) is 0 Å². The topological polar surface area (TPSA) is 98.5 Å². The molecule has 1 aromatic carbocycles. The molecule has 3 aliphatic rings. The predicted molar refractivity (Wildman–Crippen MR) is 159 cm³/mol. The van der Waals surface area contributed by atoms with E-state index >= 15 is 4.39 Å². The minimum absolute atomic E-state index is 0.0569. The van der Waals surface area contributed by atoms with Crippen LogP contribution < -0.4 is 9.64 Å². The average Bonchev–Trinajstić information content (AvgIpc) is 3.44. The molecule has 1 aliphatic carbocycles. The molecule has 2 aromatic heterocycles. The van der Waals surface area contributed by atoms with E-state index in [1.807, 2.05) is 11.9 Å². The van der Waals surface area contributed by atoms with E-state index < -0.39 is 11.9 Å². The largest absolute Gasteiger partial charge is 0.462 e. The van der Waals surface area contributed by atoms with E-state index in [4.69, 9.17) is 9.72 Å². The Balaban J connectivity index is 1.43. The third-order valence-electron chi connectivity index (χ3n) is 9.02. The van der Waals surface area contributed by atoms with Gasteiger partial charge in [0.05, 0.1) is 23.9 Å². The molecule has 0 saturated carbocycles. The van der Waals surface area contributed by atoms with Gasteiger partial charge >= 0.3 is 6.01 Å². The summed E-state index contributed by atoms with van der Waals surface area (Å²) in [5, 5.41) is 9.87. The SMILES string of the molecule is C=CC(=O)N1CCN(c2nc(OC[C@@H]3CCCN3C)nc3c(F)c(-c4ccc(F)c5c4CCCC5)ncc23)C[C@@H]1CC#N. The van der Waals surface area contributed by atoms with E-state index in [9.17, 15) is 14.4 Å². The molecule has 3 aromatic rings. The lowest BCUT2D eigenvalue weighted by Gasteiger charge is -2.41. The minimum atomic E-state index is -0.614. The van der Waals surface area contributed by atoms with E-state index in [1.165, 1.54) is 12.1 Å². The van der Waals surface area contributed by atoms with Crippen LogP contribution in [0.15, 0.2) is 31.0 Å².